The summed E-state index contributed by atoms with van der Waals surface area (Å²) in [5.74, 6) is -0.811. The molecule has 1 saturated heterocycles. The summed E-state index contributed by atoms with van der Waals surface area (Å²) in [5, 5.41) is 5.56. The highest BCUT2D eigenvalue weighted by atomic mass is 32.2. The normalized spacial score (nSPS) is 18.0. The highest BCUT2D eigenvalue weighted by Gasteiger charge is 2.50. The molecule has 2 amide bonds. The minimum Gasteiger partial charge on any atom is -0.349 e. The molecule has 2 N–H and O–H groups in total. The first-order chi connectivity index (χ1) is 17.5. The van der Waals surface area contributed by atoms with Crippen LogP contribution in [0.5, 0.6) is 0 Å². The molecule has 0 aliphatic carbocycles. The van der Waals surface area contributed by atoms with Crippen molar-refractivity contribution in [2.45, 2.75) is 51.4 Å². The topological polar surface area (TPSA) is 95.6 Å². The van der Waals surface area contributed by atoms with E-state index in [9.17, 15) is 31.2 Å². The van der Waals surface area contributed by atoms with Crippen molar-refractivity contribution in [3.63, 3.8) is 0 Å². The van der Waals surface area contributed by atoms with Crippen molar-refractivity contribution < 1.29 is 31.2 Å². The lowest BCUT2D eigenvalue weighted by Gasteiger charge is -2.52. The van der Waals surface area contributed by atoms with Gasteiger partial charge >= 0.3 is 6.18 Å². The molecule has 11 heteroatoms. The van der Waals surface area contributed by atoms with E-state index in [1.807, 2.05) is 27.7 Å². The minimum absolute atomic E-state index is 0.0124. The van der Waals surface area contributed by atoms with Crippen molar-refractivity contribution in [3.8, 4) is 0 Å². The summed E-state index contributed by atoms with van der Waals surface area (Å²) in [7, 11) is -3.90. The highest BCUT2D eigenvalue weighted by Crippen LogP contribution is 2.42. The molecule has 1 aliphatic rings. The second kappa shape index (κ2) is 10.5. The Morgan fingerprint density at radius 1 is 1.00 bits per heavy atom. The van der Waals surface area contributed by atoms with Crippen LogP contribution >= 0.6 is 0 Å². The molecule has 7 nitrogen and oxygen atoms in total. The molecule has 3 rings (SSSR count). The summed E-state index contributed by atoms with van der Waals surface area (Å²) < 4.78 is 66.5. The van der Waals surface area contributed by atoms with Crippen LogP contribution in [-0.4, -0.2) is 43.7 Å². The second-order valence-electron chi connectivity index (χ2n) is 10.8. The molecule has 206 valence electrons. The van der Waals surface area contributed by atoms with Gasteiger partial charge in [-0.1, -0.05) is 46.4 Å². The van der Waals surface area contributed by atoms with E-state index in [-0.39, 0.29) is 42.0 Å². The summed E-state index contributed by atoms with van der Waals surface area (Å²) in [6.45, 7) is 11.4. The quantitative estimate of drug-likeness (QED) is 0.500. The molecule has 0 unspecified atom stereocenters. The van der Waals surface area contributed by atoms with E-state index >= 15 is 0 Å². The van der Waals surface area contributed by atoms with E-state index in [4.69, 9.17) is 0 Å². The fourth-order valence-corrected chi connectivity index (χ4v) is 6.77. The lowest BCUT2D eigenvalue weighted by atomic mass is 9.67. The van der Waals surface area contributed by atoms with Crippen LogP contribution in [0.4, 0.5) is 13.2 Å². The number of halogens is 3. The van der Waals surface area contributed by atoms with E-state index in [1.165, 1.54) is 46.8 Å². The number of carbonyl (C=O) groups excluding carboxylic acids is 2. The Kier molecular flexibility index (Phi) is 8.14. The van der Waals surface area contributed by atoms with Gasteiger partial charge in [-0.3, -0.25) is 9.59 Å². The smallest absolute Gasteiger partial charge is 0.349 e. The van der Waals surface area contributed by atoms with Gasteiger partial charge in [0.2, 0.25) is 15.9 Å². The van der Waals surface area contributed by atoms with Gasteiger partial charge in [0, 0.05) is 31.2 Å². The molecular weight excluding hydrogens is 519 g/mol. The number of benzene rings is 2. The monoisotopic (exact) mass is 551 g/mol. The maximum atomic E-state index is 13.5. The lowest BCUT2D eigenvalue weighted by molar-refractivity contribution is -0.137. The summed E-state index contributed by atoms with van der Waals surface area (Å²) in [6.07, 6.45) is -3.25. The molecule has 2 aromatic rings. The van der Waals surface area contributed by atoms with Gasteiger partial charge in [0.25, 0.3) is 5.91 Å². The predicted octanol–water partition coefficient (Wildman–Crippen LogP) is 4.36. The fraction of sp³-hybridized carbons (Fsp3) is 0.407. The van der Waals surface area contributed by atoms with Crippen LogP contribution in [0, 0.1) is 10.8 Å². The number of rotatable bonds is 7. The molecule has 2 aromatic carbocycles. The highest BCUT2D eigenvalue weighted by molar-refractivity contribution is 7.89. The van der Waals surface area contributed by atoms with Crippen LogP contribution in [0.2, 0.25) is 0 Å². The third-order valence-electron chi connectivity index (χ3n) is 6.69. The Labute approximate surface area is 221 Å². The summed E-state index contributed by atoms with van der Waals surface area (Å²) in [4.78, 5) is 24.5. The van der Waals surface area contributed by atoms with E-state index in [2.05, 4.69) is 17.2 Å². The van der Waals surface area contributed by atoms with Crippen molar-refractivity contribution in [3.05, 3.63) is 77.9 Å². The third kappa shape index (κ3) is 6.44. The van der Waals surface area contributed by atoms with Gasteiger partial charge in [-0.05, 0) is 58.9 Å². The van der Waals surface area contributed by atoms with Crippen LogP contribution in [-0.2, 0) is 27.5 Å². The van der Waals surface area contributed by atoms with E-state index in [1.54, 1.807) is 0 Å². The van der Waals surface area contributed by atoms with Gasteiger partial charge in [-0.25, -0.2) is 8.42 Å². The van der Waals surface area contributed by atoms with Gasteiger partial charge in [-0.2, -0.15) is 17.5 Å². The third-order valence-corrected chi connectivity index (χ3v) is 8.50. The number of alkyl halides is 3. The fourth-order valence-electron chi connectivity index (χ4n) is 4.99. The molecule has 0 saturated carbocycles. The number of amides is 2. The molecule has 38 heavy (non-hydrogen) atoms. The van der Waals surface area contributed by atoms with Crippen LogP contribution in [0.3, 0.4) is 0 Å². The zero-order valence-corrected chi connectivity index (χ0v) is 22.5. The predicted molar refractivity (Wildman–Crippen MR) is 138 cm³/mol. The van der Waals surface area contributed by atoms with Crippen LogP contribution in [0.15, 0.2) is 66.1 Å². The van der Waals surface area contributed by atoms with Gasteiger partial charge in [0.15, 0.2) is 0 Å². The Balaban J connectivity index is 1.70. The SMILES string of the molecule is C=CC(=O)NC1C(C)(C)CN(S(=O)(=O)c2ccc(C(=O)NCc3ccc(C(F)(F)F)cc3)cc2)CC1(C)C. The second-order valence-corrected chi connectivity index (χ2v) is 12.7. The van der Waals surface area contributed by atoms with Crippen LogP contribution in [0.1, 0.15) is 49.2 Å². The summed E-state index contributed by atoms with van der Waals surface area (Å²) in [6, 6.07) is 9.66. The average Bonchev–Trinajstić information content (AvgIpc) is 2.83. The maximum absolute atomic E-state index is 13.5. The van der Waals surface area contributed by atoms with Crippen LogP contribution < -0.4 is 10.6 Å². The Bertz CT molecular complexity index is 1280. The molecule has 1 aliphatic heterocycles. The van der Waals surface area contributed by atoms with Crippen molar-refractivity contribution in [2.24, 2.45) is 10.8 Å². The lowest BCUT2D eigenvalue weighted by Crippen LogP contribution is -2.64. The van der Waals surface area contributed by atoms with Crippen molar-refractivity contribution in [1.29, 1.82) is 0 Å². The zero-order valence-electron chi connectivity index (χ0n) is 21.7. The molecular formula is C27H32F3N3O4S. The minimum atomic E-state index is -4.44. The number of hydrogen-bond donors (Lipinski definition) is 2. The van der Waals surface area contributed by atoms with Gasteiger partial charge in [0.05, 0.1) is 10.5 Å². The first kappa shape index (κ1) is 29.4. The van der Waals surface area contributed by atoms with Gasteiger partial charge in [0.1, 0.15) is 0 Å². The van der Waals surface area contributed by atoms with E-state index in [0.717, 1.165) is 12.1 Å². The molecule has 0 aromatic heterocycles. The summed E-state index contributed by atoms with van der Waals surface area (Å²) >= 11 is 0. The Hall–Kier alpha value is -3.18. The molecule has 0 bridgehead atoms. The first-order valence-corrected chi connectivity index (χ1v) is 13.4. The van der Waals surface area contributed by atoms with E-state index < -0.39 is 38.5 Å². The maximum Gasteiger partial charge on any atom is 0.416 e. The Morgan fingerprint density at radius 2 is 1.53 bits per heavy atom. The average molecular weight is 552 g/mol. The Morgan fingerprint density at radius 3 is 2.00 bits per heavy atom. The van der Waals surface area contributed by atoms with Crippen LogP contribution in [0.25, 0.3) is 0 Å². The molecule has 1 fully saturated rings. The number of hydrogen-bond acceptors (Lipinski definition) is 4. The van der Waals surface area contributed by atoms with E-state index in [0.29, 0.717) is 5.56 Å². The molecule has 0 radical (unpaired) electrons. The van der Waals surface area contributed by atoms with Crippen molar-refractivity contribution >= 4 is 21.8 Å². The first-order valence-electron chi connectivity index (χ1n) is 11.9. The largest absolute Gasteiger partial charge is 0.416 e. The van der Waals surface area contributed by atoms with Crippen molar-refractivity contribution in [1.82, 2.24) is 14.9 Å². The molecule has 1 heterocycles. The molecule has 0 spiro atoms. The number of piperidine rings is 1. The van der Waals surface area contributed by atoms with Gasteiger partial charge < -0.3 is 10.6 Å². The molecule has 0 atom stereocenters. The standard InChI is InChI=1S/C27H32F3N3O4S/c1-6-22(34)32-24-25(2,3)16-33(17-26(24,4)5)38(36,37)21-13-9-19(10-14-21)23(35)31-15-18-7-11-20(12-8-18)27(28,29)30/h6-14,24H,1,15-17H2,2-5H3,(H,31,35)(H,32,34). The number of nitrogens with one attached hydrogen (secondary N) is 2. The zero-order chi connectivity index (χ0) is 28.5. The van der Waals surface area contributed by atoms with Gasteiger partial charge in [-0.15, -0.1) is 0 Å². The summed E-state index contributed by atoms with van der Waals surface area (Å²) in [5.41, 5.74) is -1.23. The number of nitrogens with zero attached hydrogens (tertiary/aromatic N) is 1. The number of sulfonamides is 1. The number of carbonyl (C=O) groups is 2. The van der Waals surface area contributed by atoms with Crippen molar-refractivity contribution in [2.75, 3.05) is 13.1 Å².